The monoisotopic (exact) mass is 328 g/mol. The molecule has 2 amide bonds. The summed E-state index contributed by atoms with van der Waals surface area (Å²) in [6, 6.07) is 10.9. The third-order valence-corrected chi connectivity index (χ3v) is 4.20. The fourth-order valence-electron chi connectivity index (χ4n) is 2.98. The van der Waals surface area contributed by atoms with Crippen molar-refractivity contribution in [2.45, 2.75) is 13.0 Å². The van der Waals surface area contributed by atoms with Gasteiger partial charge in [-0.1, -0.05) is 12.1 Å². The zero-order valence-electron chi connectivity index (χ0n) is 13.8. The van der Waals surface area contributed by atoms with Gasteiger partial charge < -0.3 is 19.0 Å². The first-order valence-corrected chi connectivity index (χ1v) is 7.81. The Hall–Kier alpha value is -2.76. The lowest BCUT2D eigenvalue weighted by molar-refractivity contribution is -0.135. The molecule has 0 aliphatic carbocycles. The normalized spacial score (nSPS) is 17.2. The molecular formula is C18H20N2O4. The van der Waals surface area contributed by atoms with Gasteiger partial charge in [0.2, 0.25) is 11.8 Å². The molecule has 1 fully saturated rings. The summed E-state index contributed by atoms with van der Waals surface area (Å²) in [7, 11) is 3.29. The van der Waals surface area contributed by atoms with Crippen molar-refractivity contribution in [3.05, 3.63) is 48.4 Å². The van der Waals surface area contributed by atoms with Gasteiger partial charge in [0, 0.05) is 20.0 Å². The van der Waals surface area contributed by atoms with Crippen molar-refractivity contribution >= 4 is 17.5 Å². The molecule has 1 aliphatic heterocycles. The Labute approximate surface area is 140 Å². The van der Waals surface area contributed by atoms with Crippen LogP contribution in [0.1, 0.15) is 12.2 Å². The van der Waals surface area contributed by atoms with Crippen molar-refractivity contribution in [1.82, 2.24) is 4.90 Å². The van der Waals surface area contributed by atoms with Crippen molar-refractivity contribution in [3.63, 3.8) is 0 Å². The lowest BCUT2D eigenvalue weighted by atomic mass is 10.1. The third-order valence-electron chi connectivity index (χ3n) is 4.20. The highest BCUT2D eigenvalue weighted by Crippen LogP contribution is 2.33. The SMILES string of the molecule is COc1ccccc1N1CC(C(=O)N(C)Cc2ccco2)CC1=O. The number of para-hydroxylation sites is 2. The number of methoxy groups -OCH3 is 1. The number of ether oxygens (including phenoxy) is 1. The van der Waals surface area contributed by atoms with E-state index in [0.717, 1.165) is 5.76 Å². The van der Waals surface area contributed by atoms with Crippen LogP contribution in [0, 0.1) is 5.92 Å². The van der Waals surface area contributed by atoms with Gasteiger partial charge in [-0.15, -0.1) is 0 Å². The van der Waals surface area contributed by atoms with Crippen molar-refractivity contribution < 1.29 is 18.7 Å². The highest BCUT2D eigenvalue weighted by molar-refractivity contribution is 6.01. The molecule has 1 aromatic heterocycles. The van der Waals surface area contributed by atoms with Gasteiger partial charge in [-0.25, -0.2) is 0 Å². The summed E-state index contributed by atoms with van der Waals surface area (Å²) >= 11 is 0. The second-order valence-electron chi connectivity index (χ2n) is 5.85. The molecule has 6 heteroatoms. The van der Waals surface area contributed by atoms with E-state index in [2.05, 4.69) is 0 Å². The van der Waals surface area contributed by atoms with Crippen molar-refractivity contribution in [2.24, 2.45) is 5.92 Å². The number of nitrogens with zero attached hydrogens (tertiary/aromatic N) is 2. The Balaban J connectivity index is 1.71. The Morgan fingerprint density at radius 1 is 1.33 bits per heavy atom. The van der Waals surface area contributed by atoms with Crippen LogP contribution < -0.4 is 9.64 Å². The quantitative estimate of drug-likeness (QED) is 0.845. The molecule has 1 aliphatic rings. The summed E-state index contributed by atoms with van der Waals surface area (Å²) in [6.45, 7) is 0.756. The van der Waals surface area contributed by atoms with E-state index in [1.807, 2.05) is 24.3 Å². The summed E-state index contributed by atoms with van der Waals surface area (Å²) < 4.78 is 10.6. The molecule has 3 rings (SSSR count). The molecule has 126 valence electrons. The van der Waals surface area contributed by atoms with E-state index >= 15 is 0 Å². The molecule has 1 aromatic carbocycles. The van der Waals surface area contributed by atoms with Gasteiger partial charge in [-0.2, -0.15) is 0 Å². The lowest BCUT2D eigenvalue weighted by Gasteiger charge is -2.21. The largest absolute Gasteiger partial charge is 0.495 e. The minimum Gasteiger partial charge on any atom is -0.495 e. The zero-order chi connectivity index (χ0) is 17.1. The van der Waals surface area contributed by atoms with Crippen LogP contribution in [0.15, 0.2) is 47.1 Å². The van der Waals surface area contributed by atoms with Gasteiger partial charge in [-0.05, 0) is 24.3 Å². The zero-order valence-corrected chi connectivity index (χ0v) is 13.8. The van der Waals surface area contributed by atoms with E-state index in [-0.39, 0.29) is 24.2 Å². The molecule has 2 aromatic rings. The summed E-state index contributed by atoms with van der Waals surface area (Å²) in [5.74, 6) is 0.864. The topological polar surface area (TPSA) is 63.0 Å². The van der Waals surface area contributed by atoms with Crippen molar-refractivity contribution in [2.75, 3.05) is 25.6 Å². The summed E-state index contributed by atoms with van der Waals surface area (Å²) in [5, 5.41) is 0. The number of amides is 2. The fraction of sp³-hybridized carbons (Fsp3) is 0.333. The smallest absolute Gasteiger partial charge is 0.228 e. The lowest BCUT2D eigenvalue weighted by Crippen LogP contribution is -2.34. The number of anilines is 1. The molecule has 0 radical (unpaired) electrons. The number of carbonyl (C=O) groups is 2. The number of benzene rings is 1. The number of carbonyl (C=O) groups excluding carboxylic acids is 2. The van der Waals surface area contributed by atoms with Gasteiger partial charge in [0.1, 0.15) is 11.5 Å². The second kappa shape index (κ2) is 6.78. The molecule has 0 N–H and O–H groups in total. The molecule has 2 heterocycles. The Morgan fingerprint density at radius 2 is 2.12 bits per heavy atom. The van der Waals surface area contributed by atoms with Crippen molar-refractivity contribution in [3.8, 4) is 5.75 Å². The maximum Gasteiger partial charge on any atom is 0.228 e. The minimum atomic E-state index is -0.359. The van der Waals surface area contributed by atoms with Gasteiger partial charge in [0.25, 0.3) is 0 Å². The number of hydrogen-bond acceptors (Lipinski definition) is 4. The molecule has 6 nitrogen and oxygen atoms in total. The average Bonchev–Trinajstić information content (AvgIpc) is 3.23. The van der Waals surface area contributed by atoms with E-state index in [9.17, 15) is 9.59 Å². The summed E-state index contributed by atoms with van der Waals surface area (Å²) in [5.41, 5.74) is 0.703. The second-order valence-corrected chi connectivity index (χ2v) is 5.85. The highest BCUT2D eigenvalue weighted by atomic mass is 16.5. The Morgan fingerprint density at radius 3 is 2.83 bits per heavy atom. The van der Waals surface area contributed by atoms with E-state index in [4.69, 9.17) is 9.15 Å². The predicted molar refractivity (Wildman–Crippen MR) is 88.6 cm³/mol. The molecule has 0 saturated carbocycles. The minimum absolute atomic E-state index is 0.0582. The predicted octanol–water partition coefficient (Wildman–Crippen LogP) is 2.30. The van der Waals surface area contributed by atoms with Crippen LogP contribution >= 0.6 is 0 Å². The van der Waals surface area contributed by atoms with E-state index in [1.165, 1.54) is 0 Å². The average molecular weight is 328 g/mol. The fourth-order valence-corrected chi connectivity index (χ4v) is 2.98. The molecule has 24 heavy (non-hydrogen) atoms. The first kappa shape index (κ1) is 16.1. The molecule has 0 bridgehead atoms. The van der Waals surface area contributed by atoms with Crippen LogP contribution in [0.4, 0.5) is 5.69 Å². The van der Waals surface area contributed by atoms with Gasteiger partial charge in [-0.3, -0.25) is 9.59 Å². The Kier molecular flexibility index (Phi) is 4.55. The first-order valence-electron chi connectivity index (χ1n) is 7.81. The van der Waals surface area contributed by atoms with Crippen LogP contribution in [-0.4, -0.2) is 37.4 Å². The molecule has 1 atom stereocenters. The van der Waals surface area contributed by atoms with Crippen LogP contribution in [0.2, 0.25) is 0 Å². The summed E-state index contributed by atoms with van der Waals surface area (Å²) in [6.07, 6.45) is 1.79. The van der Waals surface area contributed by atoms with Crippen LogP contribution in [0.25, 0.3) is 0 Å². The maximum absolute atomic E-state index is 12.6. The van der Waals surface area contributed by atoms with Crippen LogP contribution in [-0.2, 0) is 16.1 Å². The van der Waals surface area contributed by atoms with E-state index in [0.29, 0.717) is 24.5 Å². The molecular weight excluding hydrogens is 308 g/mol. The maximum atomic E-state index is 12.6. The Bertz CT molecular complexity index is 726. The number of hydrogen-bond donors (Lipinski definition) is 0. The van der Waals surface area contributed by atoms with E-state index < -0.39 is 0 Å². The molecule has 1 saturated heterocycles. The van der Waals surface area contributed by atoms with Gasteiger partial charge in [0.05, 0.1) is 31.5 Å². The van der Waals surface area contributed by atoms with Gasteiger partial charge in [0.15, 0.2) is 0 Å². The van der Waals surface area contributed by atoms with Crippen molar-refractivity contribution in [1.29, 1.82) is 0 Å². The van der Waals surface area contributed by atoms with Crippen LogP contribution in [0.5, 0.6) is 5.75 Å². The van der Waals surface area contributed by atoms with Crippen LogP contribution in [0.3, 0.4) is 0 Å². The first-order chi connectivity index (χ1) is 11.6. The van der Waals surface area contributed by atoms with E-state index in [1.54, 1.807) is 42.4 Å². The highest BCUT2D eigenvalue weighted by Gasteiger charge is 2.37. The number of rotatable bonds is 5. The number of furan rings is 1. The summed E-state index contributed by atoms with van der Waals surface area (Å²) in [4.78, 5) is 28.2. The molecule has 1 unspecified atom stereocenters. The van der Waals surface area contributed by atoms with Gasteiger partial charge >= 0.3 is 0 Å². The standard InChI is InChI=1S/C18H20N2O4/c1-19(12-14-6-5-9-24-14)18(22)13-10-17(21)20(11-13)15-7-3-4-8-16(15)23-2/h3-9,13H,10-12H2,1-2H3. The third kappa shape index (κ3) is 3.13. The molecule has 0 spiro atoms.